The highest BCUT2D eigenvalue weighted by Gasteiger charge is 2.32. The molecule has 1 atom stereocenters. The number of aliphatic hydroxyl groups excluding tert-OH is 1. The summed E-state index contributed by atoms with van der Waals surface area (Å²) in [5, 5.41) is 46.5. The average Bonchev–Trinajstić information content (AvgIpc) is 2.67. The first-order valence-electron chi connectivity index (χ1n) is 8.58. The lowest BCUT2D eigenvalue weighted by molar-refractivity contribution is -0.384. The molecule has 0 heterocycles. The first kappa shape index (κ1) is 26.5. The van der Waals surface area contributed by atoms with Crippen LogP contribution < -0.4 is 0 Å². The van der Waals surface area contributed by atoms with E-state index in [1.807, 2.05) is 0 Å². The molecule has 2 rings (SSSR count). The van der Waals surface area contributed by atoms with Crippen molar-refractivity contribution in [3.05, 3.63) is 69.8 Å². The molecule has 30 heavy (non-hydrogen) atoms. The number of aromatic hydroxyl groups is 1. The number of nitro groups is 1. The average molecular weight is 423 g/mol. The van der Waals surface area contributed by atoms with Crippen LogP contribution in [-0.2, 0) is 19.9 Å². The number of nitrogens with zero attached hydrogens (tertiary/aromatic N) is 1. The van der Waals surface area contributed by atoms with Gasteiger partial charge in [0.05, 0.1) is 11.5 Å². The quantitative estimate of drug-likeness (QED) is 0.320. The largest absolute Gasteiger partial charge is 0.508 e. The van der Waals surface area contributed by atoms with E-state index in [2.05, 4.69) is 4.74 Å². The molecule has 0 bridgehead atoms. The van der Waals surface area contributed by atoms with Crippen molar-refractivity contribution < 1.29 is 39.7 Å². The Balaban J connectivity index is 0.000000537. The van der Waals surface area contributed by atoms with Gasteiger partial charge < -0.3 is 25.2 Å². The molecule has 0 saturated heterocycles. The molecule has 0 aromatic heterocycles. The first-order valence-corrected chi connectivity index (χ1v) is 8.58. The zero-order valence-electron chi connectivity index (χ0n) is 16.8. The van der Waals surface area contributed by atoms with E-state index in [0.29, 0.717) is 0 Å². The van der Waals surface area contributed by atoms with E-state index in [-0.39, 0.29) is 17.0 Å². The van der Waals surface area contributed by atoms with Crippen LogP contribution in [-0.4, -0.2) is 50.5 Å². The highest BCUT2D eigenvalue weighted by atomic mass is 16.6. The molecule has 0 aliphatic carbocycles. The number of ether oxygens (including phenoxy) is 1. The zero-order chi connectivity index (χ0) is 23.3. The third-order valence-corrected chi connectivity index (χ3v) is 3.40. The summed E-state index contributed by atoms with van der Waals surface area (Å²) in [6.45, 7) is 3.01. The molecule has 164 valence electrons. The van der Waals surface area contributed by atoms with Crippen molar-refractivity contribution in [2.24, 2.45) is 0 Å². The minimum atomic E-state index is -1.79. The lowest BCUT2D eigenvalue weighted by Gasteiger charge is -2.26. The second kappa shape index (κ2) is 12.9. The maximum Gasteiger partial charge on any atom is 0.302 e. The molecule has 0 aliphatic rings. The number of benzene rings is 2. The van der Waals surface area contributed by atoms with Crippen molar-refractivity contribution in [3.63, 3.8) is 0 Å². The molecule has 0 aliphatic heterocycles. The number of rotatable bonds is 5. The van der Waals surface area contributed by atoms with Crippen molar-refractivity contribution in [1.29, 1.82) is 0 Å². The maximum absolute atomic E-state index is 10.7. The number of phenolic OH excluding ortho intramolecular Hbond substituents is 1. The third-order valence-electron chi connectivity index (χ3n) is 3.40. The number of carbonyl (C=O) groups excluding carboxylic acids is 1. The van der Waals surface area contributed by atoms with Gasteiger partial charge in [0.1, 0.15) is 18.0 Å². The Bertz CT molecular complexity index is 835. The Morgan fingerprint density at radius 2 is 1.67 bits per heavy atom. The summed E-state index contributed by atoms with van der Waals surface area (Å²) in [4.78, 5) is 29.3. The van der Waals surface area contributed by atoms with E-state index in [1.54, 1.807) is 31.2 Å². The summed E-state index contributed by atoms with van der Waals surface area (Å²) in [6.07, 6.45) is 0. The molecule has 0 spiro atoms. The van der Waals surface area contributed by atoms with E-state index in [4.69, 9.17) is 9.90 Å². The number of carboxylic acids is 1. The number of phenols is 1. The Hall–Kier alpha value is -3.50. The number of aryl methyl sites for hydroxylation is 1. The standard InChI is InChI=1S/C12H16O5.C6H5NO2.C2H4O2/c1-8-3-4-10(11(15)5-8)12(16,6-13)7-17-9(2)14;8-7(9)6-4-2-1-3-5-6;1-2(3)4/h3-5,13,15-16H,6-7H2,1-2H3;1-5H;1H3,(H,3,4). The summed E-state index contributed by atoms with van der Waals surface area (Å²) < 4.78 is 4.68. The molecule has 0 fully saturated rings. The fourth-order valence-corrected chi connectivity index (χ4v) is 2.01. The number of non-ortho nitro benzene ring substituents is 1. The first-order chi connectivity index (χ1) is 13.9. The van der Waals surface area contributed by atoms with Crippen molar-refractivity contribution in [2.75, 3.05) is 13.2 Å². The van der Waals surface area contributed by atoms with Gasteiger partial charge in [-0.1, -0.05) is 30.3 Å². The number of hydrogen-bond acceptors (Lipinski definition) is 8. The second-order valence-corrected chi connectivity index (χ2v) is 6.10. The highest BCUT2D eigenvalue weighted by Crippen LogP contribution is 2.30. The highest BCUT2D eigenvalue weighted by molar-refractivity contribution is 5.66. The topological polar surface area (TPSA) is 167 Å². The van der Waals surface area contributed by atoms with E-state index in [1.165, 1.54) is 31.2 Å². The number of aliphatic carboxylic acids is 1. The van der Waals surface area contributed by atoms with Gasteiger partial charge in [0.2, 0.25) is 0 Å². The van der Waals surface area contributed by atoms with Gasteiger partial charge in [0.15, 0.2) is 0 Å². The molecule has 2 aromatic carbocycles. The van der Waals surface area contributed by atoms with Gasteiger partial charge in [-0.2, -0.15) is 0 Å². The van der Waals surface area contributed by atoms with Gasteiger partial charge in [0.25, 0.3) is 11.7 Å². The molecular formula is C20H25NO9. The maximum atomic E-state index is 10.7. The van der Waals surface area contributed by atoms with E-state index < -0.39 is 35.7 Å². The van der Waals surface area contributed by atoms with Crippen LogP contribution in [0.4, 0.5) is 5.69 Å². The Morgan fingerprint density at radius 1 is 1.13 bits per heavy atom. The minimum absolute atomic E-state index is 0.131. The Labute approximate surface area is 173 Å². The summed E-state index contributed by atoms with van der Waals surface area (Å²) in [6, 6.07) is 12.6. The third kappa shape index (κ3) is 10.2. The van der Waals surface area contributed by atoms with Crippen LogP contribution >= 0.6 is 0 Å². The number of esters is 1. The minimum Gasteiger partial charge on any atom is -0.508 e. The molecule has 0 saturated carbocycles. The number of nitro benzene ring substituents is 1. The smallest absolute Gasteiger partial charge is 0.302 e. The van der Waals surface area contributed by atoms with Crippen LogP contribution in [0.1, 0.15) is 25.0 Å². The van der Waals surface area contributed by atoms with Gasteiger partial charge in [-0.3, -0.25) is 19.7 Å². The van der Waals surface area contributed by atoms with Crippen LogP contribution in [0.5, 0.6) is 5.75 Å². The van der Waals surface area contributed by atoms with Gasteiger partial charge >= 0.3 is 5.97 Å². The number of hydrogen-bond donors (Lipinski definition) is 4. The van der Waals surface area contributed by atoms with Crippen molar-refractivity contribution >= 4 is 17.6 Å². The zero-order valence-corrected chi connectivity index (χ0v) is 16.8. The molecule has 4 N–H and O–H groups in total. The number of aliphatic hydroxyl groups is 2. The van der Waals surface area contributed by atoms with Crippen LogP contribution in [0.2, 0.25) is 0 Å². The Morgan fingerprint density at radius 3 is 2.03 bits per heavy atom. The van der Waals surface area contributed by atoms with Gasteiger partial charge in [-0.05, 0) is 18.6 Å². The predicted molar refractivity (Wildman–Crippen MR) is 107 cm³/mol. The van der Waals surface area contributed by atoms with Crippen LogP contribution in [0.3, 0.4) is 0 Å². The van der Waals surface area contributed by atoms with E-state index >= 15 is 0 Å². The second-order valence-electron chi connectivity index (χ2n) is 6.10. The lowest BCUT2D eigenvalue weighted by Crippen LogP contribution is -2.36. The van der Waals surface area contributed by atoms with Crippen LogP contribution in [0.15, 0.2) is 48.5 Å². The van der Waals surface area contributed by atoms with Crippen molar-refractivity contribution in [1.82, 2.24) is 0 Å². The molecule has 1 unspecified atom stereocenters. The summed E-state index contributed by atoms with van der Waals surface area (Å²) in [5.41, 5.74) is -0.702. The normalized spacial score (nSPS) is 11.5. The summed E-state index contributed by atoms with van der Waals surface area (Å²) >= 11 is 0. The van der Waals surface area contributed by atoms with Crippen molar-refractivity contribution in [2.45, 2.75) is 26.4 Å². The van der Waals surface area contributed by atoms with E-state index in [0.717, 1.165) is 12.5 Å². The van der Waals surface area contributed by atoms with Gasteiger partial charge in [0, 0.05) is 31.5 Å². The monoisotopic (exact) mass is 423 g/mol. The molecule has 10 nitrogen and oxygen atoms in total. The SMILES string of the molecule is CC(=O)O.CC(=O)OCC(O)(CO)c1ccc(C)cc1O.O=[N+]([O-])c1ccccc1. The van der Waals surface area contributed by atoms with E-state index in [9.17, 15) is 30.2 Å². The Kier molecular flexibility index (Phi) is 11.4. The van der Waals surface area contributed by atoms with Gasteiger partial charge in [-0.25, -0.2) is 0 Å². The lowest BCUT2D eigenvalue weighted by atomic mass is 9.93. The number of carbonyl (C=O) groups is 2. The van der Waals surface area contributed by atoms with Crippen LogP contribution in [0.25, 0.3) is 0 Å². The number of carboxylic acid groups (broad SMARTS) is 1. The predicted octanol–water partition coefficient (Wildman–Crippen LogP) is 2.13. The summed E-state index contributed by atoms with van der Waals surface area (Å²) in [5.74, 6) is -1.54. The van der Waals surface area contributed by atoms with Crippen molar-refractivity contribution in [3.8, 4) is 5.75 Å². The molecule has 0 amide bonds. The van der Waals surface area contributed by atoms with Crippen LogP contribution in [0, 0.1) is 17.0 Å². The summed E-state index contributed by atoms with van der Waals surface area (Å²) in [7, 11) is 0. The fourth-order valence-electron chi connectivity index (χ4n) is 2.01. The van der Waals surface area contributed by atoms with Gasteiger partial charge in [-0.15, -0.1) is 0 Å². The molecule has 2 aromatic rings. The molecule has 0 radical (unpaired) electrons. The molecule has 10 heteroatoms. The number of para-hydroxylation sites is 1. The molecular weight excluding hydrogens is 398 g/mol. The fraction of sp³-hybridized carbons (Fsp3) is 0.300.